The lowest BCUT2D eigenvalue weighted by Gasteiger charge is -2.19. The molecule has 0 unspecified atom stereocenters. The maximum absolute atomic E-state index is 12.9. The van der Waals surface area contributed by atoms with Crippen LogP contribution in [0.1, 0.15) is 19.3 Å². The first-order valence-electron chi connectivity index (χ1n) is 5.38. The number of benzene rings is 1. The zero-order valence-electron chi connectivity index (χ0n) is 9.62. The molecule has 1 N–H and O–H groups in total. The number of hydrogen-bond donors (Lipinski definition) is 1. The average Bonchev–Trinajstić information content (AvgIpc) is 2.27. The van der Waals surface area contributed by atoms with E-state index in [2.05, 4.69) is 0 Å². The van der Waals surface area contributed by atoms with Crippen molar-refractivity contribution >= 4 is 23.3 Å². The van der Waals surface area contributed by atoms with Gasteiger partial charge in [0, 0.05) is 25.7 Å². The number of aliphatic carboxylic acids is 1. The van der Waals surface area contributed by atoms with Crippen molar-refractivity contribution in [1.82, 2.24) is 0 Å². The molecule has 3 nitrogen and oxygen atoms in total. The van der Waals surface area contributed by atoms with Crippen molar-refractivity contribution in [3.63, 3.8) is 0 Å². The molecule has 0 heterocycles. The molecule has 0 aliphatic heterocycles. The fraction of sp³-hybridized carbons (Fsp3) is 0.417. The van der Waals surface area contributed by atoms with E-state index in [-0.39, 0.29) is 11.4 Å². The molecule has 94 valence electrons. The minimum Gasteiger partial charge on any atom is -0.481 e. The Hall–Kier alpha value is -1.29. The third kappa shape index (κ3) is 4.61. The zero-order valence-corrected chi connectivity index (χ0v) is 10.4. The standard InChI is InChI=1S/C12H15ClFNO2/c1-15(7-3-2-4-12(16)17)9-5-6-11(14)10(13)8-9/h5-6,8H,2-4,7H2,1H3,(H,16,17). The predicted molar refractivity (Wildman–Crippen MR) is 66.2 cm³/mol. The summed E-state index contributed by atoms with van der Waals surface area (Å²) in [5, 5.41) is 8.59. The van der Waals surface area contributed by atoms with E-state index in [1.165, 1.54) is 6.07 Å². The highest BCUT2D eigenvalue weighted by atomic mass is 35.5. The van der Waals surface area contributed by atoms with Crippen molar-refractivity contribution in [2.75, 3.05) is 18.5 Å². The molecule has 0 fully saturated rings. The molecule has 1 rings (SSSR count). The first-order chi connectivity index (χ1) is 8.00. The number of carboxylic acids is 1. The van der Waals surface area contributed by atoms with Crippen molar-refractivity contribution in [3.8, 4) is 0 Å². The summed E-state index contributed by atoms with van der Waals surface area (Å²) in [6.45, 7) is 0.718. The minimum atomic E-state index is -0.780. The summed E-state index contributed by atoms with van der Waals surface area (Å²) in [7, 11) is 1.87. The molecule has 0 saturated heterocycles. The Morgan fingerprint density at radius 2 is 2.18 bits per heavy atom. The lowest BCUT2D eigenvalue weighted by Crippen LogP contribution is -2.18. The summed E-state index contributed by atoms with van der Waals surface area (Å²) < 4.78 is 12.9. The lowest BCUT2D eigenvalue weighted by atomic mass is 10.2. The Bertz CT molecular complexity index is 398. The SMILES string of the molecule is CN(CCCCC(=O)O)c1ccc(F)c(Cl)c1. The highest BCUT2D eigenvalue weighted by Gasteiger charge is 2.05. The number of rotatable bonds is 6. The molecular weight excluding hydrogens is 245 g/mol. The number of anilines is 1. The maximum Gasteiger partial charge on any atom is 0.303 e. The van der Waals surface area contributed by atoms with Gasteiger partial charge in [0.05, 0.1) is 5.02 Å². The number of halogens is 2. The van der Waals surface area contributed by atoms with Crippen molar-refractivity contribution in [2.24, 2.45) is 0 Å². The molecule has 0 aromatic heterocycles. The maximum atomic E-state index is 12.9. The molecule has 1 aromatic carbocycles. The third-order valence-electron chi connectivity index (χ3n) is 2.48. The Morgan fingerprint density at radius 1 is 1.47 bits per heavy atom. The van der Waals surface area contributed by atoms with E-state index < -0.39 is 11.8 Å². The van der Waals surface area contributed by atoms with Crippen LogP contribution in [0.3, 0.4) is 0 Å². The van der Waals surface area contributed by atoms with Crippen LogP contribution in [0, 0.1) is 5.82 Å². The first-order valence-corrected chi connectivity index (χ1v) is 5.76. The van der Waals surface area contributed by atoms with Crippen LogP contribution in [0.4, 0.5) is 10.1 Å². The Morgan fingerprint density at radius 3 is 2.76 bits per heavy atom. The van der Waals surface area contributed by atoms with Crippen molar-refractivity contribution in [2.45, 2.75) is 19.3 Å². The third-order valence-corrected chi connectivity index (χ3v) is 2.77. The van der Waals surface area contributed by atoms with Crippen LogP contribution < -0.4 is 4.90 Å². The van der Waals surface area contributed by atoms with Gasteiger partial charge in [-0.1, -0.05) is 11.6 Å². The van der Waals surface area contributed by atoms with Gasteiger partial charge in [0.15, 0.2) is 0 Å². The number of unbranched alkanes of at least 4 members (excludes halogenated alkanes) is 1. The quantitative estimate of drug-likeness (QED) is 0.798. The summed E-state index contributed by atoms with van der Waals surface area (Å²) >= 11 is 5.68. The summed E-state index contributed by atoms with van der Waals surface area (Å²) in [6, 6.07) is 4.54. The van der Waals surface area contributed by atoms with E-state index in [1.54, 1.807) is 12.1 Å². The minimum absolute atomic E-state index is 0.0971. The van der Waals surface area contributed by atoms with Gasteiger partial charge in [-0.25, -0.2) is 4.39 Å². The van der Waals surface area contributed by atoms with Gasteiger partial charge in [-0.15, -0.1) is 0 Å². The molecule has 0 spiro atoms. The average molecular weight is 260 g/mol. The van der Waals surface area contributed by atoms with E-state index in [4.69, 9.17) is 16.7 Å². The molecule has 0 amide bonds. The molecule has 17 heavy (non-hydrogen) atoms. The second kappa shape index (κ2) is 6.45. The summed E-state index contributed by atoms with van der Waals surface area (Å²) in [5.41, 5.74) is 0.826. The van der Waals surface area contributed by atoms with Crippen LogP contribution >= 0.6 is 11.6 Å². The van der Waals surface area contributed by atoms with Crippen molar-refractivity contribution < 1.29 is 14.3 Å². The van der Waals surface area contributed by atoms with Crippen LogP contribution in [0.25, 0.3) is 0 Å². The van der Waals surface area contributed by atoms with Gasteiger partial charge in [0.25, 0.3) is 0 Å². The fourth-order valence-electron chi connectivity index (χ4n) is 1.48. The Kier molecular flexibility index (Phi) is 5.22. The highest BCUT2D eigenvalue weighted by molar-refractivity contribution is 6.31. The summed E-state index contributed by atoms with van der Waals surface area (Å²) in [5.74, 6) is -1.22. The molecule has 0 aliphatic carbocycles. The molecular formula is C12H15ClFNO2. The Balaban J connectivity index is 2.44. The largest absolute Gasteiger partial charge is 0.481 e. The van der Waals surface area contributed by atoms with Crippen molar-refractivity contribution in [3.05, 3.63) is 29.0 Å². The smallest absolute Gasteiger partial charge is 0.303 e. The van der Waals surface area contributed by atoms with Crippen LogP contribution in [0.5, 0.6) is 0 Å². The number of carbonyl (C=O) groups is 1. The van der Waals surface area contributed by atoms with Gasteiger partial charge in [-0.3, -0.25) is 4.79 Å². The molecule has 5 heteroatoms. The highest BCUT2D eigenvalue weighted by Crippen LogP contribution is 2.22. The normalized spacial score (nSPS) is 10.3. The monoisotopic (exact) mass is 259 g/mol. The van der Waals surface area contributed by atoms with Gasteiger partial charge in [0.1, 0.15) is 5.82 Å². The zero-order chi connectivity index (χ0) is 12.8. The van der Waals surface area contributed by atoms with Crippen LogP contribution in [-0.4, -0.2) is 24.7 Å². The van der Waals surface area contributed by atoms with E-state index in [0.717, 1.165) is 18.7 Å². The molecule has 1 aromatic rings. The molecule has 0 aliphatic rings. The van der Waals surface area contributed by atoms with Gasteiger partial charge in [-0.05, 0) is 31.0 Å². The number of nitrogens with zero attached hydrogens (tertiary/aromatic N) is 1. The lowest BCUT2D eigenvalue weighted by molar-refractivity contribution is -0.137. The van der Waals surface area contributed by atoms with Crippen LogP contribution in [0.2, 0.25) is 5.02 Å². The van der Waals surface area contributed by atoms with Gasteiger partial charge in [0.2, 0.25) is 0 Å². The molecule has 0 radical (unpaired) electrons. The summed E-state index contributed by atoms with van der Waals surface area (Å²) in [6.07, 6.45) is 1.59. The van der Waals surface area contributed by atoms with E-state index in [9.17, 15) is 9.18 Å². The predicted octanol–water partition coefficient (Wildman–Crippen LogP) is 3.17. The van der Waals surface area contributed by atoms with Crippen LogP contribution in [0.15, 0.2) is 18.2 Å². The van der Waals surface area contributed by atoms with Crippen LogP contribution in [-0.2, 0) is 4.79 Å². The van der Waals surface area contributed by atoms with E-state index in [0.29, 0.717) is 6.42 Å². The first kappa shape index (κ1) is 13.8. The topological polar surface area (TPSA) is 40.5 Å². The molecule has 0 atom stereocenters. The van der Waals surface area contributed by atoms with Gasteiger partial charge >= 0.3 is 5.97 Å². The number of hydrogen-bond acceptors (Lipinski definition) is 2. The molecule has 0 bridgehead atoms. The number of carboxylic acid groups (broad SMARTS) is 1. The fourth-order valence-corrected chi connectivity index (χ4v) is 1.65. The van der Waals surface area contributed by atoms with Gasteiger partial charge in [-0.2, -0.15) is 0 Å². The van der Waals surface area contributed by atoms with E-state index in [1.807, 2.05) is 11.9 Å². The van der Waals surface area contributed by atoms with Gasteiger partial charge < -0.3 is 10.0 Å². The van der Waals surface area contributed by atoms with E-state index >= 15 is 0 Å². The summed E-state index contributed by atoms with van der Waals surface area (Å²) in [4.78, 5) is 12.2. The van der Waals surface area contributed by atoms with Crippen molar-refractivity contribution in [1.29, 1.82) is 0 Å². The molecule has 0 saturated carbocycles. The second-order valence-electron chi connectivity index (χ2n) is 3.87. The second-order valence-corrected chi connectivity index (χ2v) is 4.28. The Labute approximate surface area is 105 Å².